The highest BCUT2D eigenvalue weighted by atomic mass is 16.6. The van der Waals surface area contributed by atoms with Gasteiger partial charge in [-0.15, -0.1) is 0 Å². The Morgan fingerprint density at radius 1 is 1.04 bits per heavy atom. The number of Topliss-reactive ketones (excluding diaryl/α,β-unsaturated/α-hetero) is 1. The SMILES string of the molecule is Cc1cc(C)c(C(=O)CN2C(=O)c3cccc([N+](=O)[O-])c3C2=O)cc1C. The molecule has 2 aromatic rings. The number of hydrogen-bond acceptors (Lipinski definition) is 5. The fraction of sp³-hybridized carbons (Fsp3) is 0.211. The molecule has 0 atom stereocenters. The molecule has 0 fully saturated rings. The molecule has 1 heterocycles. The highest BCUT2D eigenvalue weighted by Gasteiger charge is 2.41. The quantitative estimate of drug-likeness (QED) is 0.365. The van der Waals surface area contributed by atoms with E-state index in [1.807, 2.05) is 19.9 Å². The second kappa shape index (κ2) is 6.18. The maximum absolute atomic E-state index is 12.7. The summed E-state index contributed by atoms with van der Waals surface area (Å²) in [6.07, 6.45) is 0. The van der Waals surface area contributed by atoms with Crippen molar-refractivity contribution in [1.29, 1.82) is 0 Å². The predicted octanol–water partition coefficient (Wildman–Crippen LogP) is 3.00. The molecule has 0 saturated carbocycles. The van der Waals surface area contributed by atoms with Crippen LogP contribution in [-0.2, 0) is 0 Å². The third-order valence-electron chi connectivity index (χ3n) is 4.62. The first-order chi connectivity index (χ1) is 12.2. The van der Waals surface area contributed by atoms with E-state index in [1.165, 1.54) is 18.2 Å². The van der Waals surface area contributed by atoms with Crippen molar-refractivity contribution in [3.8, 4) is 0 Å². The maximum atomic E-state index is 12.7. The standard InChI is InChI=1S/C19H16N2O5/c1-10-7-12(3)14(8-11(10)2)16(22)9-20-18(23)13-5-4-6-15(21(25)26)17(13)19(20)24/h4-8H,9H2,1-3H3. The van der Waals surface area contributed by atoms with Crippen LogP contribution >= 0.6 is 0 Å². The molecule has 0 unspecified atom stereocenters. The van der Waals surface area contributed by atoms with Crippen LogP contribution in [0.4, 0.5) is 5.69 Å². The van der Waals surface area contributed by atoms with Gasteiger partial charge in [-0.2, -0.15) is 0 Å². The summed E-state index contributed by atoms with van der Waals surface area (Å²) in [6, 6.07) is 7.47. The van der Waals surface area contributed by atoms with Gasteiger partial charge in [0, 0.05) is 11.6 Å². The average Bonchev–Trinajstić information content (AvgIpc) is 2.83. The number of carbonyl (C=O) groups excluding carboxylic acids is 3. The first-order valence-corrected chi connectivity index (χ1v) is 7.97. The summed E-state index contributed by atoms with van der Waals surface area (Å²) in [4.78, 5) is 48.9. The third-order valence-corrected chi connectivity index (χ3v) is 4.62. The molecule has 0 saturated heterocycles. The fourth-order valence-corrected chi connectivity index (χ4v) is 3.10. The molecule has 0 aromatic heterocycles. The number of nitrogens with zero attached hydrogens (tertiary/aromatic N) is 2. The molecule has 3 rings (SSSR count). The second-order valence-electron chi connectivity index (χ2n) is 6.33. The van der Waals surface area contributed by atoms with E-state index < -0.39 is 29.0 Å². The molecule has 0 N–H and O–H groups in total. The van der Waals surface area contributed by atoms with E-state index in [0.29, 0.717) is 5.56 Å². The minimum Gasteiger partial charge on any atom is -0.292 e. The summed E-state index contributed by atoms with van der Waals surface area (Å²) >= 11 is 0. The molecule has 0 radical (unpaired) electrons. The Balaban J connectivity index is 1.95. The molecule has 1 aliphatic rings. The monoisotopic (exact) mass is 352 g/mol. The molecular weight excluding hydrogens is 336 g/mol. The highest BCUT2D eigenvalue weighted by Crippen LogP contribution is 2.31. The van der Waals surface area contributed by atoms with Gasteiger partial charge >= 0.3 is 0 Å². The van der Waals surface area contributed by atoms with Crippen molar-refractivity contribution < 1.29 is 19.3 Å². The Morgan fingerprint density at radius 3 is 2.35 bits per heavy atom. The first-order valence-electron chi connectivity index (χ1n) is 7.97. The van der Waals surface area contributed by atoms with Crippen molar-refractivity contribution in [3.05, 3.63) is 73.8 Å². The largest absolute Gasteiger partial charge is 0.292 e. The first kappa shape index (κ1) is 17.5. The number of nitro benzene ring substituents is 1. The van der Waals surface area contributed by atoms with Gasteiger partial charge in [0.15, 0.2) is 5.78 Å². The lowest BCUT2D eigenvalue weighted by Gasteiger charge is -2.15. The number of ketones is 1. The van der Waals surface area contributed by atoms with Gasteiger partial charge in [-0.05, 0) is 49.6 Å². The zero-order chi connectivity index (χ0) is 19.2. The van der Waals surface area contributed by atoms with Gasteiger partial charge in [0.05, 0.1) is 17.0 Å². The Labute approximate surface area is 149 Å². The number of imide groups is 1. The Bertz CT molecular complexity index is 994. The normalized spacial score (nSPS) is 13.1. The number of benzene rings is 2. The van der Waals surface area contributed by atoms with E-state index in [4.69, 9.17) is 0 Å². The zero-order valence-corrected chi connectivity index (χ0v) is 14.5. The van der Waals surface area contributed by atoms with Crippen LogP contribution in [0.2, 0.25) is 0 Å². The molecule has 26 heavy (non-hydrogen) atoms. The molecular formula is C19H16N2O5. The molecule has 7 heteroatoms. The molecule has 0 bridgehead atoms. The number of hydrogen-bond donors (Lipinski definition) is 0. The molecule has 1 aliphatic heterocycles. The van der Waals surface area contributed by atoms with Crippen LogP contribution in [0.25, 0.3) is 0 Å². The van der Waals surface area contributed by atoms with E-state index in [1.54, 1.807) is 13.0 Å². The number of rotatable bonds is 4. The molecule has 0 aliphatic carbocycles. The van der Waals surface area contributed by atoms with Crippen LogP contribution in [0.15, 0.2) is 30.3 Å². The van der Waals surface area contributed by atoms with Gasteiger partial charge in [0.2, 0.25) is 0 Å². The van der Waals surface area contributed by atoms with Gasteiger partial charge < -0.3 is 0 Å². The summed E-state index contributed by atoms with van der Waals surface area (Å²) in [5, 5.41) is 11.1. The van der Waals surface area contributed by atoms with Crippen LogP contribution in [-0.4, -0.2) is 34.0 Å². The van der Waals surface area contributed by atoms with E-state index in [0.717, 1.165) is 21.6 Å². The summed E-state index contributed by atoms with van der Waals surface area (Å²) in [5.41, 5.74) is 2.41. The van der Waals surface area contributed by atoms with Crippen LogP contribution in [0, 0.1) is 30.9 Å². The average molecular weight is 352 g/mol. The van der Waals surface area contributed by atoms with Gasteiger partial charge in [-0.3, -0.25) is 29.4 Å². The number of fused-ring (bicyclic) bond motifs is 1. The van der Waals surface area contributed by atoms with Crippen molar-refractivity contribution in [1.82, 2.24) is 4.90 Å². The Hall–Kier alpha value is -3.35. The van der Waals surface area contributed by atoms with Gasteiger partial charge in [-0.1, -0.05) is 12.1 Å². The third kappa shape index (κ3) is 2.67. The number of amides is 2. The topological polar surface area (TPSA) is 97.6 Å². The minimum absolute atomic E-state index is 0.0474. The lowest BCUT2D eigenvalue weighted by Crippen LogP contribution is -2.35. The lowest BCUT2D eigenvalue weighted by atomic mass is 9.98. The summed E-state index contributed by atoms with van der Waals surface area (Å²) in [6.45, 7) is 5.14. The molecule has 0 spiro atoms. The van der Waals surface area contributed by atoms with Crippen LogP contribution in [0.5, 0.6) is 0 Å². The van der Waals surface area contributed by atoms with Gasteiger partial charge in [-0.25, -0.2) is 0 Å². The van der Waals surface area contributed by atoms with E-state index >= 15 is 0 Å². The number of nitro groups is 1. The van der Waals surface area contributed by atoms with Gasteiger partial charge in [0.25, 0.3) is 17.5 Å². The molecule has 132 valence electrons. The van der Waals surface area contributed by atoms with E-state index in [-0.39, 0.29) is 16.9 Å². The van der Waals surface area contributed by atoms with E-state index in [9.17, 15) is 24.5 Å². The second-order valence-corrected chi connectivity index (χ2v) is 6.33. The van der Waals surface area contributed by atoms with Crippen LogP contribution in [0.3, 0.4) is 0 Å². The zero-order valence-electron chi connectivity index (χ0n) is 14.5. The molecule has 7 nitrogen and oxygen atoms in total. The Morgan fingerprint density at radius 2 is 1.69 bits per heavy atom. The highest BCUT2D eigenvalue weighted by molar-refractivity contribution is 6.24. The summed E-state index contributed by atoms with van der Waals surface area (Å²) < 4.78 is 0. The van der Waals surface area contributed by atoms with Crippen LogP contribution in [0.1, 0.15) is 47.8 Å². The molecule has 2 amide bonds. The van der Waals surface area contributed by atoms with Crippen molar-refractivity contribution in [2.24, 2.45) is 0 Å². The van der Waals surface area contributed by atoms with Crippen molar-refractivity contribution in [2.45, 2.75) is 20.8 Å². The lowest BCUT2D eigenvalue weighted by molar-refractivity contribution is -0.385. The summed E-state index contributed by atoms with van der Waals surface area (Å²) in [7, 11) is 0. The smallest absolute Gasteiger partial charge is 0.282 e. The predicted molar refractivity (Wildman–Crippen MR) is 93.4 cm³/mol. The van der Waals surface area contributed by atoms with E-state index in [2.05, 4.69) is 0 Å². The molecule has 2 aromatic carbocycles. The minimum atomic E-state index is -0.813. The van der Waals surface area contributed by atoms with Crippen molar-refractivity contribution in [2.75, 3.05) is 6.54 Å². The summed E-state index contributed by atoms with van der Waals surface area (Å²) in [5.74, 6) is -1.89. The van der Waals surface area contributed by atoms with Gasteiger partial charge in [0.1, 0.15) is 5.56 Å². The fourth-order valence-electron chi connectivity index (χ4n) is 3.10. The number of carbonyl (C=O) groups is 3. The Kier molecular flexibility index (Phi) is 4.15. The maximum Gasteiger partial charge on any atom is 0.282 e. The number of aryl methyl sites for hydroxylation is 3. The van der Waals surface area contributed by atoms with Crippen LogP contribution < -0.4 is 0 Å². The van der Waals surface area contributed by atoms with Crippen molar-refractivity contribution >= 4 is 23.3 Å². The van der Waals surface area contributed by atoms with Crippen molar-refractivity contribution in [3.63, 3.8) is 0 Å².